The van der Waals surface area contributed by atoms with E-state index in [-0.39, 0.29) is 23.6 Å². The highest BCUT2D eigenvalue weighted by molar-refractivity contribution is 6.12. The van der Waals surface area contributed by atoms with E-state index in [0.29, 0.717) is 42.0 Å². The van der Waals surface area contributed by atoms with Crippen LogP contribution in [0.2, 0.25) is 0 Å². The van der Waals surface area contributed by atoms with Gasteiger partial charge in [-0.2, -0.15) is 0 Å². The summed E-state index contributed by atoms with van der Waals surface area (Å²) in [5, 5.41) is 0. The third-order valence-electron chi connectivity index (χ3n) is 6.67. The van der Waals surface area contributed by atoms with Crippen molar-refractivity contribution < 1.29 is 28.6 Å². The van der Waals surface area contributed by atoms with Gasteiger partial charge in [0.15, 0.2) is 11.5 Å². The normalized spacial score (nSPS) is 21.3. The van der Waals surface area contributed by atoms with Gasteiger partial charge in [0.2, 0.25) is 0 Å². The number of esters is 2. The molecule has 1 saturated carbocycles. The van der Waals surface area contributed by atoms with E-state index in [0.717, 1.165) is 11.3 Å². The molecule has 7 nitrogen and oxygen atoms in total. The lowest BCUT2D eigenvalue weighted by Crippen LogP contribution is -2.41. The van der Waals surface area contributed by atoms with Crippen LogP contribution >= 0.6 is 0 Å². The van der Waals surface area contributed by atoms with Crippen LogP contribution in [0.1, 0.15) is 70.4 Å². The number of hydrogen-bond donors (Lipinski definition) is 0. The minimum atomic E-state index is -0.590. The fraction of sp³-hybridized carbons (Fsp3) is 0.400. The zero-order valence-corrected chi connectivity index (χ0v) is 21.9. The van der Waals surface area contributed by atoms with Crippen molar-refractivity contribution in [1.82, 2.24) is 0 Å². The molecule has 194 valence electrons. The van der Waals surface area contributed by atoms with E-state index >= 15 is 0 Å². The highest BCUT2D eigenvalue weighted by atomic mass is 16.6. The molecule has 1 unspecified atom stereocenters. The Labute approximate surface area is 217 Å². The molecule has 2 aromatic rings. The van der Waals surface area contributed by atoms with Crippen LogP contribution in [0, 0.1) is 5.92 Å². The fourth-order valence-corrected chi connectivity index (χ4v) is 5.27. The quantitative estimate of drug-likeness (QED) is 0.364. The maximum atomic E-state index is 13.8. The summed E-state index contributed by atoms with van der Waals surface area (Å²) in [6.07, 6.45) is 0.665. The molecular formula is C30H33NO6. The Morgan fingerprint density at radius 1 is 1.00 bits per heavy atom. The highest BCUT2D eigenvalue weighted by Gasteiger charge is 2.46. The molecule has 0 aromatic heterocycles. The lowest BCUT2D eigenvalue weighted by molar-refractivity contribution is -0.143. The summed E-state index contributed by atoms with van der Waals surface area (Å²) in [6, 6.07) is 15.2. The summed E-state index contributed by atoms with van der Waals surface area (Å²) < 4.78 is 16.7. The van der Waals surface area contributed by atoms with Crippen LogP contribution in [0.3, 0.4) is 0 Å². The molecule has 7 heteroatoms. The molecular weight excluding hydrogens is 470 g/mol. The van der Waals surface area contributed by atoms with Crippen LogP contribution < -0.4 is 9.47 Å². The molecule has 2 aromatic carbocycles. The van der Waals surface area contributed by atoms with E-state index in [1.165, 1.54) is 6.92 Å². The Balaban J connectivity index is 1.82. The van der Waals surface area contributed by atoms with Crippen molar-refractivity contribution in [2.45, 2.75) is 65.4 Å². The van der Waals surface area contributed by atoms with Gasteiger partial charge in [0.05, 0.1) is 24.2 Å². The number of ether oxygens (including phenoxy) is 3. The van der Waals surface area contributed by atoms with Crippen molar-refractivity contribution in [2.75, 3.05) is 6.61 Å². The van der Waals surface area contributed by atoms with Crippen molar-refractivity contribution in [3.05, 3.63) is 70.9 Å². The summed E-state index contributed by atoms with van der Waals surface area (Å²) in [4.78, 5) is 43.5. The van der Waals surface area contributed by atoms with Crippen LogP contribution in [0.5, 0.6) is 11.5 Å². The van der Waals surface area contributed by atoms with Gasteiger partial charge in [-0.05, 0) is 63.3 Å². The number of carbonyl (C=O) groups is 3. The maximum absolute atomic E-state index is 13.8. The summed E-state index contributed by atoms with van der Waals surface area (Å²) in [5.74, 6) is -1.40. The van der Waals surface area contributed by atoms with E-state index in [9.17, 15) is 14.4 Å². The fourth-order valence-electron chi connectivity index (χ4n) is 5.27. The summed E-state index contributed by atoms with van der Waals surface area (Å²) in [7, 11) is 0. The third-order valence-corrected chi connectivity index (χ3v) is 6.67. The van der Waals surface area contributed by atoms with Crippen molar-refractivity contribution in [2.24, 2.45) is 10.9 Å². The Hall–Kier alpha value is -3.74. The van der Waals surface area contributed by atoms with Crippen LogP contribution in [0.4, 0.5) is 0 Å². The first-order valence-corrected chi connectivity index (χ1v) is 12.7. The number of Topliss-reactive ketones (excluding diaryl/α,β-unsaturated/α-hetero) is 1. The van der Waals surface area contributed by atoms with Crippen molar-refractivity contribution in [1.29, 1.82) is 0 Å². The second kappa shape index (κ2) is 11.1. The molecule has 1 aliphatic carbocycles. The van der Waals surface area contributed by atoms with E-state index in [1.807, 2.05) is 37.3 Å². The average molecular weight is 504 g/mol. The minimum Gasteiger partial charge on any atom is -0.490 e. The van der Waals surface area contributed by atoms with E-state index in [2.05, 4.69) is 0 Å². The molecule has 37 heavy (non-hydrogen) atoms. The molecule has 1 fully saturated rings. The molecule has 0 spiro atoms. The van der Waals surface area contributed by atoms with Crippen molar-refractivity contribution in [3.63, 3.8) is 0 Å². The van der Waals surface area contributed by atoms with Crippen molar-refractivity contribution in [3.8, 4) is 11.5 Å². The summed E-state index contributed by atoms with van der Waals surface area (Å²) >= 11 is 0. The lowest BCUT2D eigenvalue weighted by Gasteiger charge is -2.38. The summed E-state index contributed by atoms with van der Waals surface area (Å²) in [5.41, 5.74) is 3.50. The largest absolute Gasteiger partial charge is 0.490 e. The second-order valence-corrected chi connectivity index (χ2v) is 9.73. The standard InChI is InChI=1S/C30H33NO6/c1-6-35-26-16-21(12-13-25(26)37-19(5)32)28-27(30(34)36-17(2)3)18(4)31-23-14-22(15-24(33)29(23)28)20-10-8-7-9-11-20/h7-13,16-17,22,28-29H,6,14-15H2,1-5H3/t22-,28+,29?/m1/s1. The van der Waals surface area contributed by atoms with Gasteiger partial charge in [-0.3, -0.25) is 14.6 Å². The molecule has 0 N–H and O–H groups in total. The Morgan fingerprint density at radius 2 is 1.73 bits per heavy atom. The summed E-state index contributed by atoms with van der Waals surface area (Å²) in [6.45, 7) is 8.88. The molecule has 1 aliphatic heterocycles. The predicted octanol–water partition coefficient (Wildman–Crippen LogP) is 5.54. The Morgan fingerprint density at radius 3 is 2.38 bits per heavy atom. The highest BCUT2D eigenvalue weighted by Crippen LogP contribution is 2.47. The maximum Gasteiger partial charge on any atom is 0.336 e. The molecule has 4 rings (SSSR count). The molecule has 0 radical (unpaired) electrons. The zero-order valence-electron chi connectivity index (χ0n) is 21.9. The SMILES string of the molecule is CCOc1cc([C@H]2C(C(=O)OC(C)C)=C(C)N=C3C[C@@H](c4ccccc4)CC(=O)C32)ccc1OC(C)=O. The van der Waals surface area contributed by atoms with E-state index in [1.54, 1.807) is 39.0 Å². The number of carbonyl (C=O) groups excluding carboxylic acids is 3. The number of fused-ring (bicyclic) bond motifs is 1. The molecule has 0 saturated heterocycles. The Bertz CT molecular complexity index is 1260. The van der Waals surface area contributed by atoms with Gasteiger partial charge >= 0.3 is 11.9 Å². The molecule has 2 aliphatic rings. The first-order valence-electron chi connectivity index (χ1n) is 12.7. The number of rotatable bonds is 7. The number of aliphatic imine (C=N–C) groups is 1. The smallest absolute Gasteiger partial charge is 0.336 e. The first-order chi connectivity index (χ1) is 17.7. The second-order valence-electron chi connectivity index (χ2n) is 9.73. The van der Waals surface area contributed by atoms with Crippen LogP contribution in [0.25, 0.3) is 0 Å². The number of allylic oxidation sites excluding steroid dienone is 1. The lowest BCUT2D eigenvalue weighted by atomic mass is 9.66. The molecule has 1 heterocycles. The number of nitrogens with zero attached hydrogens (tertiary/aromatic N) is 1. The number of benzene rings is 2. The van der Waals surface area contributed by atoms with Gasteiger partial charge in [0, 0.05) is 30.7 Å². The first kappa shape index (κ1) is 26.3. The minimum absolute atomic E-state index is 0.0339. The third kappa shape index (κ3) is 5.66. The zero-order chi connectivity index (χ0) is 26.7. The molecule has 3 atom stereocenters. The van der Waals surface area contributed by atoms with Gasteiger partial charge in [-0.25, -0.2) is 4.79 Å². The van der Waals surface area contributed by atoms with Gasteiger partial charge in [0.25, 0.3) is 0 Å². The van der Waals surface area contributed by atoms with Crippen LogP contribution in [0.15, 0.2) is 64.8 Å². The molecule has 0 amide bonds. The molecule has 0 bridgehead atoms. The van der Waals surface area contributed by atoms with Gasteiger partial charge < -0.3 is 14.2 Å². The number of hydrogen-bond acceptors (Lipinski definition) is 7. The monoisotopic (exact) mass is 503 g/mol. The van der Waals surface area contributed by atoms with Gasteiger partial charge in [-0.15, -0.1) is 0 Å². The average Bonchev–Trinajstić information content (AvgIpc) is 2.84. The number of ketones is 1. The van der Waals surface area contributed by atoms with Crippen molar-refractivity contribution >= 4 is 23.4 Å². The Kier molecular flexibility index (Phi) is 7.91. The van der Waals surface area contributed by atoms with Crippen LogP contribution in [-0.2, 0) is 19.1 Å². The van der Waals surface area contributed by atoms with Gasteiger partial charge in [0.1, 0.15) is 5.78 Å². The van der Waals surface area contributed by atoms with Gasteiger partial charge in [-0.1, -0.05) is 36.4 Å². The predicted molar refractivity (Wildman–Crippen MR) is 140 cm³/mol. The van der Waals surface area contributed by atoms with E-state index in [4.69, 9.17) is 19.2 Å². The van der Waals surface area contributed by atoms with E-state index < -0.39 is 23.8 Å². The topological polar surface area (TPSA) is 91.3 Å². The van der Waals surface area contributed by atoms with Crippen LogP contribution in [-0.4, -0.2) is 36.1 Å².